The van der Waals surface area contributed by atoms with E-state index in [1.165, 1.54) is 4.88 Å². The third kappa shape index (κ3) is 2.97. The van der Waals surface area contributed by atoms with Gasteiger partial charge in [-0.3, -0.25) is 0 Å². The van der Waals surface area contributed by atoms with Crippen LogP contribution in [0.1, 0.15) is 18.7 Å². The third-order valence-corrected chi connectivity index (χ3v) is 4.03. The molecule has 0 saturated heterocycles. The van der Waals surface area contributed by atoms with E-state index in [-0.39, 0.29) is 0 Å². The Bertz CT molecular complexity index is 505. The molecule has 0 aliphatic heterocycles. The Morgan fingerprint density at radius 2 is 2.06 bits per heavy atom. The van der Waals surface area contributed by atoms with Crippen molar-refractivity contribution in [3.63, 3.8) is 0 Å². The second-order valence-corrected chi connectivity index (χ2v) is 5.49. The monoisotopic (exact) mass is 264 g/mol. The Labute approximate surface area is 112 Å². The number of hydrogen-bond acceptors (Lipinski definition) is 5. The van der Waals surface area contributed by atoms with Crippen LogP contribution in [-0.4, -0.2) is 41.0 Å². The van der Waals surface area contributed by atoms with Crippen LogP contribution < -0.4 is 5.32 Å². The quantitative estimate of drug-likeness (QED) is 0.871. The second kappa shape index (κ2) is 6.11. The minimum absolute atomic E-state index is 0.919. The number of hydrogen-bond donors (Lipinski definition) is 1. The van der Waals surface area contributed by atoms with E-state index in [0.717, 1.165) is 42.2 Å². The molecule has 0 fully saturated rings. The molecule has 5 heteroatoms. The highest BCUT2D eigenvalue weighted by Gasteiger charge is 2.06. The van der Waals surface area contributed by atoms with Crippen LogP contribution in [0.4, 0.5) is 5.82 Å². The fraction of sp³-hybridized carbons (Fsp3) is 0.538. The molecule has 98 valence electrons. The number of aromatic nitrogens is 2. The molecule has 0 bridgehead atoms. The summed E-state index contributed by atoms with van der Waals surface area (Å²) in [5.41, 5.74) is 0. The first-order valence-corrected chi connectivity index (χ1v) is 7.23. The Kier molecular flexibility index (Phi) is 4.49. The lowest BCUT2D eigenvalue weighted by Gasteiger charge is -2.18. The number of fused-ring (bicyclic) bond motifs is 1. The van der Waals surface area contributed by atoms with Gasteiger partial charge in [0.15, 0.2) is 0 Å². The Morgan fingerprint density at radius 1 is 1.28 bits per heavy atom. The van der Waals surface area contributed by atoms with Crippen LogP contribution in [0.3, 0.4) is 0 Å². The Balaban J connectivity index is 2.03. The number of likely N-dealkylation sites (N-methyl/N-ethyl adjacent to an activating group) is 1. The number of rotatable bonds is 6. The first-order chi connectivity index (χ1) is 8.74. The van der Waals surface area contributed by atoms with Crippen LogP contribution in [0.5, 0.6) is 0 Å². The highest BCUT2D eigenvalue weighted by Crippen LogP contribution is 2.27. The Hall–Kier alpha value is -1.20. The first-order valence-electron chi connectivity index (χ1n) is 6.42. The molecule has 0 aliphatic carbocycles. The summed E-state index contributed by atoms with van der Waals surface area (Å²) in [5.74, 6) is 0.955. The van der Waals surface area contributed by atoms with E-state index in [2.05, 4.69) is 47.0 Å². The van der Waals surface area contributed by atoms with Crippen molar-refractivity contribution >= 4 is 27.4 Å². The fourth-order valence-electron chi connectivity index (χ4n) is 1.99. The van der Waals surface area contributed by atoms with Gasteiger partial charge in [0.1, 0.15) is 17.0 Å². The highest BCUT2D eigenvalue weighted by molar-refractivity contribution is 7.18. The minimum Gasteiger partial charge on any atom is -0.368 e. The molecule has 18 heavy (non-hydrogen) atoms. The van der Waals surface area contributed by atoms with Gasteiger partial charge in [-0.2, -0.15) is 0 Å². The maximum absolute atomic E-state index is 4.33. The van der Waals surface area contributed by atoms with E-state index in [1.807, 2.05) is 0 Å². The lowest BCUT2D eigenvalue weighted by atomic mass is 10.3. The minimum atomic E-state index is 0.919. The smallest absolute Gasteiger partial charge is 0.138 e. The maximum Gasteiger partial charge on any atom is 0.138 e. The standard InChI is InChI=1S/C13H20N4S/c1-4-17(5-2)7-6-14-12-11-8-10(3)18-13(11)16-9-15-12/h8-9H,4-7H2,1-3H3,(H,14,15,16). The van der Waals surface area contributed by atoms with Gasteiger partial charge >= 0.3 is 0 Å². The summed E-state index contributed by atoms with van der Waals surface area (Å²) in [6, 6.07) is 2.15. The maximum atomic E-state index is 4.33. The SMILES string of the molecule is CCN(CC)CCNc1ncnc2sc(C)cc12. The first kappa shape index (κ1) is 13.2. The predicted molar refractivity (Wildman–Crippen MR) is 78.4 cm³/mol. The van der Waals surface area contributed by atoms with Gasteiger partial charge in [0.2, 0.25) is 0 Å². The molecule has 1 N–H and O–H groups in total. The van der Waals surface area contributed by atoms with Crippen molar-refractivity contribution in [3.05, 3.63) is 17.3 Å². The molecule has 4 nitrogen and oxygen atoms in total. The second-order valence-electron chi connectivity index (χ2n) is 4.25. The van der Waals surface area contributed by atoms with Gasteiger partial charge in [0.05, 0.1) is 5.39 Å². The van der Waals surface area contributed by atoms with Crippen molar-refractivity contribution in [2.24, 2.45) is 0 Å². The zero-order valence-corrected chi connectivity index (χ0v) is 12.0. The topological polar surface area (TPSA) is 41.0 Å². The lowest BCUT2D eigenvalue weighted by molar-refractivity contribution is 0.316. The van der Waals surface area contributed by atoms with Crippen molar-refractivity contribution in [3.8, 4) is 0 Å². The van der Waals surface area contributed by atoms with Crippen LogP contribution >= 0.6 is 11.3 Å². The molecule has 0 atom stereocenters. The number of nitrogens with one attached hydrogen (secondary N) is 1. The van der Waals surface area contributed by atoms with Gasteiger partial charge in [-0.15, -0.1) is 11.3 Å². The average molecular weight is 264 g/mol. The van der Waals surface area contributed by atoms with Crippen LogP contribution in [0.25, 0.3) is 10.2 Å². The molecule has 0 unspecified atom stereocenters. The van der Waals surface area contributed by atoms with Crippen LogP contribution in [0.15, 0.2) is 12.4 Å². The third-order valence-electron chi connectivity index (χ3n) is 3.07. The van der Waals surface area contributed by atoms with Gasteiger partial charge in [-0.05, 0) is 26.1 Å². The molecule has 2 aromatic heterocycles. The number of aryl methyl sites for hydroxylation is 1. The van der Waals surface area contributed by atoms with Crippen LogP contribution in [-0.2, 0) is 0 Å². The van der Waals surface area contributed by atoms with Crippen LogP contribution in [0.2, 0.25) is 0 Å². The molecular formula is C13H20N4S. The molecule has 2 heterocycles. The molecule has 0 spiro atoms. The summed E-state index contributed by atoms with van der Waals surface area (Å²) in [6.07, 6.45) is 1.64. The zero-order valence-electron chi connectivity index (χ0n) is 11.2. The summed E-state index contributed by atoms with van der Waals surface area (Å²) < 4.78 is 0. The summed E-state index contributed by atoms with van der Waals surface area (Å²) in [5, 5.41) is 4.55. The summed E-state index contributed by atoms with van der Waals surface area (Å²) in [6.45, 7) is 10.6. The normalized spacial score (nSPS) is 11.3. The molecule has 0 amide bonds. The average Bonchev–Trinajstić information content (AvgIpc) is 2.75. The van der Waals surface area contributed by atoms with E-state index >= 15 is 0 Å². The summed E-state index contributed by atoms with van der Waals surface area (Å²) >= 11 is 1.71. The number of anilines is 1. The van der Waals surface area contributed by atoms with E-state index in [4.69, 9.17) is 0 Å². The largest absolute Gasteiger partial charge is 0.368 e. The van der Waals surface area contributed by atoms with Gasteiger partial charge < -0.3 is 10.2 Å². The van der Waals surface area contributed by atoms with E-state index in [0.29, 0.717) is 0 Å². The lowest BCUT2D eigenvalue weighted by Crippen LogP contribution is -2.28. The molecule has 0 aromatic carbocycles. The molecule has 0 saturated carbocycles. The van der Waals surface area contributed by atoms with Crippen molar-refractivity contribution in [1.29, 1.82) is 0 Å². The highest BCUT2D eigenvalue weighted by atomic mass is 32.1. The predicted octanol–water partition coefficient (Wildman–Crippen LogP) is 2.75. The summed E-state index contributed by atoms with van der Waals surface area (Å²) in [7, 11) is 0. The summed E-state index contributed by atoms with van der Waals surface area (Å²) in [4.78, 5) is 13.4. The van der Waals surface area contributed by atoms with Crippen molar-refractivity contribution in [2.45, 2.75) is 20.8 Å². The zero-order chi connectivity index (χ0) is 13.0. The van der Waals surface area contributed by atoms with Crippen molar-refractivity contribution < 1.29 is 0 Å². The molecular weight excluding hydrogens is 244 g/mol. The van der Waals surface area contributed by atoms with Gasteiger partial charge in [-0.1, -0.05) is 13.8 Å². The van der Waals surface area contributed by atoms with Gasteiger partial charge in [0.25, 0.3) is 0 Å². The molecule has 0 radical (unpaired) electrons. The van der Waals surface area contributed by atoms with Crippen molar-refractivity contribution in [2.75, 3.05) is 31.5 Å². The van der Waals surface area contributed by atoms with Crippen molar-refractivity contribution in [1.82, 2.24) is 14.9 Å². The fourth-order valence-corrected chi connectivity index (χ4v) is 2.84. The van der Waals surface area contributed by atoms with Crippen LogP contribution in [0, 0.1) is 6.92 Å². The number of nitrogens with zero attached hydrogens (tertiary/aromatic N) is 3. The van der Waals surface area contributed by atoms with E-state index in [1.54, 1.807) is 17.7 Å². The molecule has 2 aromatic rings. The molecule has 2 rings (SSSR count). The van der Waals surface area contributed by atoms with Gasteiger partial charge in [-0.25, -0.2) is 9.97 Å². The van der Waals surface area contributed by atoms with E-state index < -0.39 is 0 Å². The van der Waals surface area contributed by atoms with E-state index in [9.17, 15) is 0 Å². The van der Waals surface area contributed by atoms with Gasteiger partial charge in [0, 0.05) is 18.0 Å². The Morgan fingerprint density at radius 3 is 2.78 bits per heavy atom. The molecule has 0 aliphatic rings. The number of thiophene rings is 1.